The Morgan fingerprint density at radius 3 is 2.15 bits per heavy atom. The van der Waals surface area contributed by atoms with Crippen LogP contribution in [0.2, 0.25) is 0 Å². The zero-order chi connectivity index (χ0) is 10.5. The third kappa shape index (κ3) is 7.03. The third-order valence-corrected chi connectivity index (χ3v) is 2.33. The van der Waals surface area contributed by atoms with E-state index in [0.717, 1.165) is 19.3 Å². The van der Waals surface area contributed by atoms with E-state index >= 15 is 0 Å². The standard InChI is InChI=1S/C11H24O2/c1-9(2)7-10(13)5-6-11(3,4)8-12/h9-10,12-13H,5-8H2,1-4H3. The Morgan fingerprint density at radius 2 is 1.77 bits per heavy atom. The molecule has 0 aromatic heterocycles. The average Bonchev–Trinajstić information content (AvgIpc) is 2.00. The Hall–Kier alpha value is -0.0800. The summed E-state index contributed by atoms with van der Waals surface area (Å²) in [5, 5.41) is 18.6. The second kappa shape index (κ2) is 5.61. The van der Waals surface area contributed by atoms with Crippen LogP contribution in [0.25, 0.3) is 0 Å². The van der Waals surface area contributed by atoms with Gasteiger partial charge >= 0.3 is 0 Å². The summed E-state index contributed by atoms with van der Waals surface area (Å²) in [4.78, 5) is 0. The Balaban J connectivity index is 3.63. The molecule has 13 heavy (non-hydrogen) atoms. The van der Waals surface area contributed by atoms with Crippen molar-refractivity contribution in [3.8, 4) is 0 Å². The Morgan fingerprint density at radius 1 is 1.23 bits per heavy atom. The second-order valence-corrected chi connectivity index (χ2v) is 5.14. The van der Waals surface area contributed by atoms with Crippen LogP contribution in [0.5, 0.6) is 0 Å². The maximum atomic E-state index is 9.60. The number of rotatable bonds is 6. The van der Waals surface area contributed by atoms with Gasteiger partial charge in [-0.25, -0.2) is 0 Å². The van der Waals surface area contributed by atoms with Gasteiger partial charge in [0, 0.05) is 6.61 Å². The van der Waals surface area contributed by atoms with Crippen LogP contribution in [0.4, 0.5) is 0 Å². The molecule has 2 nitrogen and oxygen atoms in total. The molecule has 0 saturated carbocycles. The summed E-state index contributed by atoms with van der Waals surface area (Å²) in [7, 11) is 0. The van der Waals surface area contributed by atoms with Crippen molar-refractivity contribution in [1.29, 1.82) is 0 Å². The molecule has 0 aliphatic heterocycles. The van der Waals surface area contributed by atoms with Crippen LogP contribution in [0.3, 0.4) is 0 Å². The molecule has 0 rings (SSSR count). The lowest BCUT2D eigenvalue weighted by molar-refractivity contribution is 0.0958. The van der Waals surface area contributed by atoms with Crippen molar-refractivity contribution >= 4 is 0 Å². The fraction of sp³-hybridized carbons (Fsp3) is 1.00. The molecule has 0 fully saturated rings. The van der Waals surface area contributed by atoms with Gasteiger partial charge in [0.05, 0.1) is 6.10 Å². The van der Waals surface area contributed by atoms with Crippen LogP contribution in [0, 0.1) is 11.3 Å². The first-order valence-electron chi connectivity index (χ1n) is 5.16. The molecule has 0 aliphatic carbocycles. The molecule has 2 heteroatoms. The second-order valence-electron chi connectivity index (χ2n) is 5.14. The molecule has 1 unspecified atom stereocenters. The molecule has 80 valence electrons. The fourth-order valence-electron chi connectivity index (χ4n) is 1.30. The van der Waals surface area contributed by atoms with Crippen LogP contribution in [-0.2, 0) is 0 Å². The monoisotopic (exact) mass is 188 g/mol. The van der Waals surface area contributed by atoms with E-state index in [9.17, 15) is 5.11 Å². The van der Waals surface area contributed by atoms with Gasteiger partial charge < -0.3 is 10.2 Å². The lowest BCUT2D eigenvalue weighted by Gasteiger charge is -2.23. The summed E-state index contributed by atoms with van der Waals surface area (Å²) < 4.78 is 0. The highest BCUT2D eigenvalue weighted by Gasteiger charge is 2.18. The maximum absolute atomic E-state index is 9.60. The maximum Gasteiger partial charge on any atom is 0.0542 e. The van der Waals surface area contributed by atoms with Crippen molar-refractivity contribution in [3.05, 3.63) is 0 Å². The van der Waals surface area contributed by atoms with Gasteiger partial charge in [-0.1, -0.05) is 27.7 Å². The normalized spacial score (nSPS) is 15.0. The van der Waals surface area contributed by atoms with E-state index < -0.39 is 0 Å². The van der Waals surface area contributed by atoms with Gasteiger partial charge in [-0.15, -0.1) is 0 Å². The number of aliphatic hydroxyl groups excluding tert-OH is 2. The van der Waals surface area contributed by atoms with Gasteiger partial charge in [-0.2, -0.15) is 0 Å². The molecular weight excluding hydrogens is 164 g/mol. The zero-order valence-electron chi connectivity index (χ0n) is 9.38. The van der Waals surface area contributed by atoms with Crippen molar-refractivity contribution in [2.24, 2.45) is 11.3 Å². The highest BCUT2D eigenvalue weighted by Crippen LogP contribution is 2.23. The number of aliphatic hydroxyl groups is 2. The molecule has 0 aromatic carbocycles. The minimum Gasteiger partial charge on any atom is -0.396 e. The SMILES string of the molecule is CC(C)CC(O)CCC(C)(C)CO. The summed E-state index contributed by atoms with van der Waals surface area (Å²) in [5.74, 6) is 0.548. The summed E-state index contributed by atoms with van der Waals surface area (Å²) in [6, 6.07) is 0. The summed E-state index contributed by atoms with van der Waals surface area (Å²) in [6.07, 6.45) is 2.34. The topological polar surface area (TPSA) is 40.5 Å². The molecule has 2 N–H and O–H groups in total. The predicted molar refractivity (Wildman–Crippen MR) is 55.6 cm³/mol. The quantitative estimate of drug-likeness (QED) is 0.671. The summed E-state index contributed by atoms with van der Waals surface area (Å²) >= 11 is 0. The minimum atomic E-state index is -0.203. The summed E-state index contributed by atoms with van der Waals surface area (Å²) in [5.41, 5.74) is -0.0437. The van der Waals surface area contributed by atoms with Crippen molar-refractivity contribution in [2.75, 3.05) is 6.61 Å². The molecular formula is C11H24O2. The van der Waals surface area contributed by atoms with E-state index in [-0.39, 0.29) is 18.1 Å². The van der Waals surface area contributed by atoms with Crippen molar-refractivity contribution in [2.45, 2.75) is 53.1 Å². The van der Waals surface area contributed by atoms with Gasteiger partial charge in [-0.05, 0) is 30.6 Å². The van der Waals surface area contributed by atoms with Crippen LogP contribution >= 0.6 is 0 Å². The van der Waals surface area contributed by atoms with Gasteiger partial charge in [-0.3, -0.25) is 0 Å². The van der Waals surface area contributed by atoms with E-state index in [1.54, 1.807) is 0 Å². The number of hydrogen-bond acceptors (Lipinski definition) is 2. The van der Waals surface area contributed by atoms with E-state index in [0.29, 0.717) is 5.92 Å². The van der Waals surface area contributed by atoms with Crippen LogP contribution in [0.1, 0.15) is 47.0 Å². The molecule has 0 amide bonds. The minimum absolute atomic E-state index is 0.0437. The fourth-order valence-corrected chi connectivity index (χ4v) is 1.30. The largest absolute Gasteiger partial charge is 0.396 e. The zero-order valence-corrected chi connectivity index (χ0v) is 9.38. The molecule has 0 aliphatic rings. The summed E-state index contributed by atoms with van der Waals surface area (Å²) in [6.45, 7) is 8.46. The molecule has 0 radical (unpaired) electrons. The van der Waals surface area contributed by atoms with Crippen molar-refractivity contribution < 1.29 is 10.2 Å². The third-order valence-electron chi connectivity index (χ3n) is 2.33. The van der Waals surface area contributed by atoms with Gasteiger partial charge in [0.1, 0.15) is 0 Å². The lowest BCUT2D eigenvalue weighted by atomic mass is 9.86. The van der Waals surface area contributed by atoms with E-state index in [2.05, 4.69) is 13.8 Å². The Labute approximate surface area is 82.0 Å². The molecule has 0 saturated heterocycles. The van der Waals surface area contributed by atoms with E-state index in [1.807, 2.05) is 13.8 Å². The Bertz CT molecular complexity index is 130. The first-order valence-corrected chi connectivity index (χ1v) is 5.16. The Kier molecular flexibility index (Phi) is 5.57. The van der Waals surface area contributed by atoms with E-state index in [1.165, 1.54) is 0 Å². The van der Waals surface area contributed by atoms with Crippen LogP contribution in [-0.4, -0.2) is 22.9 Å². The predicted octanol–water partition coefficient (Wildman–Crippen LogP) is 2.19. The highest BCUT2D eigenvalue weighted by molar-refractivity contribution is 4.70. The van der Waals surface area contributed by atoms with Gasteiger partial charge in [0.2, 0.25) is 0 Å². The molecule has 0 aromatic rings. The molecule has 1 atom stereocenters. The molecule has 0 bridgehead atoms. The number of hydrogen-bond donors (Lipinski definition) is 2. The lowest BCUT2D eigenvalue weighted by Crippen LogP contribution is -2.20. The van der Waals surface area contributed by atoms with E-state index in [4.69, 9.17) is 5.11 Å². The van der Waals surface area contributed by atoms with Crippen molar-refractivity contribution in [1.82, 2.24) is 0 Å². The smallest absolute Gasteiger partial charge is 0.0542 e. The highest BCUT2D eigenvalue weighted by atomic mass is 16.3. The first kappa shape index (κ1) is 12.9. The van der Waals surface area contributed by atoms with Gasteiger partial charge in [0.15, 0.2) is 0 Å². The van der Waals surface area contributed by atoms with Crippen LogP contribution < -0.4 is 0 Å². The average molecular weight is 188 g/mol. The first-order chi connectivity index (χ1) is 5.87. The molecule has 0 heterocycles. The van der Waals surface area contributed by atoms with Gasteiger partial charge in [0.25, 0.3) is 0 Å². The van der Waals surface area contributed by atoms with Crippen LogP contribution in [0.15, 0.2) is 0 Å². The molecule has 0 spiro atoms. The van der Waals surface area contributed by atoms with Crippen molar-refractivity contribution in [3.63, 3.8) is 0 Å².